The van der Waals surface area contributed by atoms with Crippen LogP contribution in [-0.4, -0.2) is 35.5 Å². The van der Waals surface area contributed by atoms with Crippen LogP contribution in [0.1, 0.15) is 56.5 Å². The number of carbonyl (C=O) groups excluding carboxylic acids is 1. The van der Waals surface area contributed by atoms with Crippen LogP contribution in [0.5, 0.6) is 5.75 Å². The molecule has 2 heterocycles. The summed E-state index contributed by atoms with van der Waals surface area (Å²) in [5, 5.41) is 3.20. The summed E-state index contributed by atoms with van der Waals surface area (Å²) >= 11 is 0. The lowest BCUT2D eigenvalue weighted by Crippen LogP contribution is -2.38. The zero-order valence-electron chi connectivity index (χ0n) is 15.7. The molecule has 1 aromatic carbocycles. The molecule has 0 unspecified atom stereocenters. The molecule has 2 N–H and O–H groups in total. The van der Waals surface area contributed by atoms with Gasteiger partial charge in [-0.1, -0.05) is 25.1 Å². The smallest absolute Gasteiger partial charge is 0.234 e. The Morgan fingerprint density at radius 1 is 1.31 bits per heavy atom. The van der Waals surface area contributed by atoms with Crippen molar-refractivity contribution in [3.8, 4) is 5.75 Å². The number of nitrogens with one attached hydrogen (secondary N) is 2. The maximum Gasteiger partial charge on any atom is 0.234 e. The van der Waals surface area contributed by atoms with Gasteiger partial charge >= 0.3 is 0 Å². The number of nitrogens with zero attached hydrogens (tertiary/aromatic N) is 1. The van der Waals surface area contributed by atoms with E-state index in [0.717, 1.165) is 37.1 Å². The molecule has 1 fully saturated rings. The predicted molar refractivity (Wildman–Crippen MR) is 103 cm³/mol. The lowest BCUT2D eigenvalue weighted by Gasteiger charge is -2.25. The zero-order chi connectivity index (χ0) is 18.4. The van der Waals surface area contributed by atoms with Crippen molar-refractivity contribution < 1.29 is 9.53 Å². The highest BCUT2D eigenvalue weighted by atomic mass is 16.5. The van der Waals surface area contributed by atoms with E-state index in [1.807, 2.05) is 43.5 Å². The van der Waals surface area contributed by atoms with E-state index in [-0.39, 0.29) is 11.9 Å². The van der Waals surface area contributed by atoms with Gasteiger partial charge in [-0.2, -0.15) is 0 Å². The van der Waals surface area contributed by atoms with Gasteiger partial charge < -0.3 is 15.0 Å². The molecule has 3 rings (SSSR count). The minimum atomic E-state index is -0.0307. The second kappa shape index (κ2) is 8.90. The summed E-state index contributed by atoms with van der Waals surface area (Å²) in [5.41, 5.74) is 2.25. The Balaban J connectivity index is 1.65. The van der Waals surface area contributed by atoms with E-state index < -0.39 is 0 Å². The minimum absolute atomic E-state index is 0.0307. The molecule has 0 bridgehead atoms. The number of amides is 1. The minimum Gasteiger partial charge on any atom is -0.494 e. The summed E-state index contributed by atoms with van der Waals surface area (Å²) < 4.78 is 5.73. The number of hydrogen-bond donors (Lipinski definition) is 2. The first-order valence-corrected chi connectivity index (χ1v) is 9.61. The van der Waals surface area contributed by atoms with Crippen LogP contribution < -0.4 is 10.1 Å². The quantitative estimate of drug-likeness (QED) is 0.757. The van der Waals surface area contributed by atoms with Gasteiger partial charge in [0.1, 0.15) is 5.75 Å². The fourth-order valence-corrected chi connectivity index (χ4v) is 3.80. The van der Waals surface area contributed by atoms with Crippen molar-refractivity contribution in [1.29, 1.82) is 0 Å². The van der Waals surface area contributed by atoms with Gasteiger partial charge in [-0.05, 0) is 50.9 Å². The van der Waals surface area contributed by atoms with Gasteiger partial charge in [-0.15, -0.1) is 0 Å². The van der Waals surface area contributed by atoms with Crippen molar-refractivity contribution >= 4 is 5.91 Å². The third-order valence-corrected chi connectivity index (χ3v) is 5.03. The average molecular weight is 355 g/mol. The second-order valence-electron chi connectivity index (χ2n) is 6.75. The standard InChI is InChI=1S/C21H29N3O2/c1-3-17(16-9-5-6-12-20(16)26-4-2)23-21(25)15-24-14-8-11-19(24)18-10-7-13-22-18/h5-7,9-10,12-13,17,19,22H,3-4,8,11,14-15H2,1-2H3,(H,23,25)/t17-,19+/m0/s1. The summed E-state index contributed by atoms with van der Waals surface area (Å²) in [5.74, 6) is 0.925. The maximum absolute atomic E-state index is 12.7. The molecule has 0 aliphatic carbocycles. The largest absolute Gasteiger partial charge is 0.494 e. The molecule has 1 aromatic heterocycles. The van der Waals surface area contributed by atoms with Gasteiger partial charge in [-0.25, -0.2) is 0 Å². The van der Waals surface area contributed by atoms with Crippen molar-refractivity contribution in [2.75, 3.05) is 19.7 Å². The van der Waals surface area contributed by atoms with Crippen LogP contribution in [0, 0.1) is 0 Å². The molecule has 1 aliphatic rings. The Morgan fingerprint density at radius 2 is 2.15 bits per heavy atom. The monoisotopic (exact) mass is 355 g/mol. The molecular weight excluding hydrogens is 326 g/mol. The fraction of sp³-hybridized carbons (Fsp3) is 0.476. The Labute approximate surface area is 155 Å². The number of aromatic nitrogens is 1. The van der Waals surface area contributed by atoms with E-state index in [1.54, 1.807) is 0 Å². The first-order chi connectivity index (χ1) is 12.7. The zero-order valence-corrected chi connectivity index (χ0v) is 15.7. The van der Waals surface area contributed by atoms with Crippen LogP contribution >= 0.6 is 0 Å². The summed E-state index contributed by atoms with van der Waals surface area (Å²) in [4.78, 5) is 18.3. The molecule has 5 heteroatoms. The maximum atomic E-state index is 12.7. The van der Waals surface area contributed by atoms with Crippen molar-refractivity contribution in [1.82, 2.24) is 15.2 Å². The number of carbonyl (C=O) groups is 1. The Bertz CT molecular complexity index is 699. The number of benzene rings is 1. The van der Waals surface area contributed by atoms with E-state index >= 15 is 0 Å². The molecule has 2 aromatic rings. The molecule has 0 radical (unpaired) electrons. The van der Waals surface area contributed by atoms with E-state index in [1.165, 1.54) is 5.69 Å². The average Bonchev–Trinajstić information content (AvgIpc) is 3.32. The molecular formula is C21H29N3O2. The third kappa shape index (κ3) is 4.28. The lowest BCUT2D eigenvalue weighted by molar-refractivity contribution is -0.123. The second-order valence-corrected chi connectivity index (χ2v) is 6.75. The van der Waals surface area contributed by atoms with E-state index in [9.17, 15) is 4.79 Å². The van der Waals surface area contributed by atoms with E-state index in [0.29, 0.717) is 19.2 Å². The predicted octanol–water partition coefficient (Wildman–Crippen LogP) is 3.82. The van der Waals surface area contributed by atoms with Crippen LogP contribution in [0.25, 0.3) is 0 Å². The number of aromatic amines is 1. The van der Waals surface area contributed by atoms with Gasteiger partial charge in [0.25, 0.3) is 0 Å². The SMILES string of the molecule is CCOc1ccccc1[C@H](CC)NC(=O)CN1CCC[C@@H]1c1ccc[nH]1. The van der Waals surface area contributed by atoms with Crippen LogP contribution in [0.2, 0.25) is 0 Å². The summed E-state index contributed by atoms with van der Waals surface area (Å²) in [6.45, 7) is 6.07. The van der Waals surface area contributed by atoms with E-state index in [2.05, 4.69) is 28.2 Å². The van der Waals surface area contributed by atoms with Gasteiger partial charge in [-0.3, -0.25) is 9.69 Å². The third-order valence-electron chi connectivity index (χ3n) is 5.03. The van der Waals surface area contributed by atoms with Crippen molar-refractivity contribution in [3.05, 3.63) is 53.9 Å². The molecule has 1 saturated heterocycles. The van der Waals surface area contributed by atoms with Crippen LogP contribution in [0.3, 0.4) is 0 Å². The number of hydrogen-bond acceptors (Lipinski definition) is 3. The number of likely N-dealkylation sites (tertiary alicyclic amines) is 1. The number of rotatable bonds is 8. The Morgan fingerprint density at radius 3 is 2.88 bits per heavy atom. The summed E-state index contributed by atoms with van der Waals surface area (Å²) in [6, 6.07) is 12.4. The molecule has 0 saturated carbocycles. The summed E-state index contributed by atoms with van der Waals surface area (Å²) in [7, 11) is 0. The first-order valence-electron chi connectivity index (χ1n) is 9.61. The first kappa shape index (κ1) is 18.5. The topological polar surface area (TPSA) is 57.4 Å². The highest BCUT2D eigenvalue weighted by Gasteiger charge is 2.28. The molecule has 0 spiro atoms. The Kier molecular flexibility index (Phi) is 6.34. The normalized spacial score (nSPS) is 18.6. The number of H-pyrrole nitrogens is 1. The van der Waals surface area contributed by atoms with Crippen LogP contribution in [-0.2, 0) is 4.79 Å². The molecule has 1 amide bonds. The van der Waals surface area contributed by atoms with Gasteiger partial charge in [0, 0.05) is 17.5 Å². The molecule has 140 valence electrons. The lowest BCUT2D eigenvalue weighted by atomic mass is 10.0. The molecule has 26 heavy (non-hydrogen) atoms. The Hall–Kier alpha value is -2.27. The van der Waals surface area contributed by atoms with Gasteiger partial charge in [0.05, 0.1) is 25.2 Å². The molecule has 5 nitrogen and oxygen atoms in total. The van der Waals surface area contributed by atoms with Crippen molar-refractivity contribution in [3.63, 3.8) is 0 Å². The van der Waals surface area contributed by atoms with Crippen molar-refractivity contribution in [2.24, 2.45) is 0 Å². The van der Waals surface area contributed by atoms with Crippen LogP contribution in [0.4, 0.5) is 0 Å². The van der Waals surface area contributed by atoms with Gasteiger partial charge in [0.15, 0.2) is 0 Å². The van der Waals surface area contributed by atoms with Crippen LogP contribution in [0.15, 0.2) is 42.6 Å². The van der Waals surface area contributed by atoms with E-state index in [4.69, 9.17) is 4.74 Å². The number of para-hydroxylation sites is 1. The fourth-order valence-electron chi connectivity index (χ4n) is 3.80. The van der Waals surface area contributed by atoms with Gasteiger partial charge in [0.2, 0.25) is 5.91 Å². The highest BCUT2D eigenvalue weighted by Crippen LogP contribution is 2.31. The highest BCUT2D eigenvalue weighted by molar-refractivity contribution is 5.78. The molecule has 2 atom stereocenters. The summed E-state index contributed by atoms with van der Waals surface area (Å²) in [6.07, 6.45) is 5.00. The van der Waals surface area contributed by atoms with Crippen molar-refractivity contribution in [2.45, 2.75) is 45.2 Å². The number of ether oxygens (including phenoxy) is 1. The molecule has 1 aliphatic heterocycles.